The average Bonchev–Trinajstić information content (AvgIpc) is 2.98. The number of hydrogen-bond donors (Lipinski definition) is 0. The fourth-order valence-corrected chi connectivity index (χ4v) is 2.74. The molecule has 3 aromatic rings. The van der Waals surface area contributed by atoms with E-state index < -0.39 is 0 Å². The number of hydrogen-bond acceptors (Lipinski definition) is 3. The van der Waals surface area contributed by atoms with Gasteiger partial charge >= 0.3 is 0 Å². The molecule has 0 saturated carbocycles. The highest BCUT2D eigenvalue weighted by atomic mass is 35.5. The minimum atomic E-state index is -0.0315. The highest BCUT2D eigenvalue weighted by Gasteiger charge is 2.17. The molecule has 0 aliphatic carbocycles. The molecule has 0 N–H and O–H groups in total. The number of aromatic nitrogens is 1. The van der Waals surface area contributed by atoms with Gasteiger partial charge in [-0.1, -0.05) is 48.0 Å². The Labute approximate surface area is 152 Å². The van der Waals surface area contributed by atoms with E-state index in [1.165, 1.54) is 0 Å². The number of oxazole rings is 1. The van der Waals surface area contributed by atoms with Gasteiger partial charge in [0.2, 0.25) is 11.8 Å². The second kappa shape index (κ2) is 7.53. The molecule has 4 nitrogen and oxygen atoms in total. The molecule has 0 saturated heterocycles. The van der Waals surface area contributed by atoms with Crippen molar-refractivity contribution >= 4 is 17.5 Å². The van der Waals surface area contributed by atoms with Crippen molar-refractivity contribution in [2.75, 3.05) is 7.05 Å². The normalized spacial score (nSPS) is 10.7. The summed E-state index contributed by atoms with van der Waals surface area (Å²) < 4.78 is 5.72. The Morgan fingerprint density at radius 3 is 2.52 bits per heavy atom. The second-order valence-electron chi connectivity index (χ2n) is 5.91. The van der Waals surface area contributed by atoms with Gasteiger partial charge in [-0.3, -0.25) is 4.79 Å². The standard InChI is InChI=1S/C20H19ClN2O2/c1-14-18(22-20(25-14)15-8-4-3-5-9-15)12-19(24)23(2)13-16-10-6-7-11-17(16)21/h3-11H,12-13H2,1-2H3. The molecule has 0 aliphatic rings. The van der Waals surface area contributed by atoms with E-state index in [1.54, 1.807) is 11.9 Å². The molecule has 2 aromatic carbocycles. The van der Waals surface area contributed by atoms with E-state index in [1.807, 2.05) is 61.5 Å². The summed E-state index contributed by atoms with van der Waals surface area (Å²) in [7, 11) is 1.76. The van der Waals surface area contributed by atoms with Gasteiger partial charge in [0.05, 0.1) is 12.1 Å². The van der Waals surface area contributed by atoms with E-state index in [0.29, 0.717) is 28.9 Å². The van der Waals surface area contributed by atoms with Crippen molar-refractivity contribution in [2.45, 2.75) is 19.9 Å². The summed E-state index contributed by atoms with van der Waals surface area (Å²) in [5.74, 6) is 1.17. The van der Waals surface area contributed by atoms with Gasteiger partial charge in [-0.15, -0.1) is 0 Å². The third kappa shape index (κ3) is 4.09. The zero-order chi connectivity index (χ0) is 17.8. The lowest BCUT2D eigenvalue weighted by atomic mass is 10.2. The van der Waals surface area contributed by atoms with E-state index in [0.717, 1.165) is 11.1 Å². The SMILES string of the molecule is Cc1oc(-c2ccccc2)nc1CC(=O)N(C)Cc1ccccc1Cl. The van der Waals surface area contributed by atoms with Crippen LogP contribution >= 0.6 is 11.6 Å². The molecule has 25 heavy (non-hydrogen) atoms. The van der Waals surface area contributed by atoms with Crippen LogP contribution in [0.2, 0.25) is 5.02 Å². The van der Waals surface area contributed by atoms with Gasteiger partial charge in [0.15, 0.2) is 0 Å². The van der Waals surface area contributed by atoms with Crippen molar-refractivity contribution in [3.05, 3.63) is 76.6 Å². The van der Waals surface area contributed by atoms with Gasteiger partial charge in [-0.2, -0.15) is 0 Å². The second-order valence-corrected chi connectivity index (χ2v) is 6.31. The van der Waals surface area contributed by atoms with E-state index in [4.69, 9.17) is 16.0 Å². The van der Waals surface area contributed by atoms with Gasteiger partial charge in [0.1, 0.15) is 5.76 Å². The van der Waals surface area contributed by atoms with E-state index in [2.05, 4.69) is 4.98 Å². The van der Waals surface area contributed by atoms with Crippen molar-refractivity contribution in [1.82, 2.24) is 9.88 Å². The zero-order valence-electron chi connectivity index (χ0n) is 14.2. The zero-order valence-corrected chi connectivity index (χ0v) is 15.0. The van der Waals surface area contributed by atoms with Crippen molar-refractivity contribution in [1.29, 1.82) is 0 Å². The van der Waals surface area contributed by atoms with Crippen molar-refractivity contribution in [3.8, 4) is 11.5 Å². The molecule has 1 heterocycles. The third-order valence-corrected chi connectivity index (χ3v) is 4.39. The Bertz CT molecular complexity index is 874. The molecule has 1 aromatic heterocycles. The van der Waals surface area contributed by atoms with Crippen LogP contribution in [0.4, 0.5) is 0 Å². The van der Waals surface area contributed by atoms with Gasteiger partial charge in [0.25, 0.3) is 0 Å². The fourth-order valence-electron chi connectivity index (χ4n) is 2.54. The topological polar surface area (TPSA) is 46.3 Å². The van der Waals surface area contributed by atoms with Gasteiger partial charge < -0.3 is 9.32 Å². The molecule has 0 aliphatic heterocycles. The molecule has 1 amide bonds. The van der Waals surface area contributed by atoms with Crippen LogP contribution in [-0.4, -0.2) is 22.8 Å². The number of aryl methyl sites for hydroxylation is 1. The first-order chi connectivity index (χ1) is 12.0. The van der Waals surface area contributed by atoms with Crippen molar-refractivity contribution in [2.24, 2.45) is 0 Å². The molecule has 0 unspecified atom stereocenters. The maximum atomic E-state index is 12.5. The first-order valence-corrected chi connectivity index (χ1v) is 8.41. The van der Waals surface area contributed by atoms with Crippen LogP contribution in [0.3, 0.4) is 0 Å². The molecule has 0 bridgehead atoms. The van der Waals surface area contributed by atoms with Crippen molar-refractivity contribution in [3.63, 3.8) is 0 Å². The molecule has 5 heteroatoms. The summed E-state index contributed by atoms with van der Waals surface area (Å²) in [6, 6.07) is 17.2. The minimum absolute atomic E-state index is 0.0315. The molecular formula is C20H19ClN2O2. The predicted octanol–water partition coefficient (Wildman–Crippen LogP) is 4.50. The van der Waals surface area contributed by atoms with Crippen LogP contribution in [0.15, 0.2) is 59.0 Å². The number of carbonyl (C=O) groups is 1. The highest BCUT2D eigenvalue weighted by Crippen LogP contribution is 2.22. The van der Waals surface area contributed by atoms with Crippen molar-refractivity contribution < 1.29 is 9.21 Å². The Hall–Kier alpha value is -2.59. The van der Waals surface area contributed by atoms with Crippen LogP contribution in [-0.2, 0) is 17.8 Å². The lowest BCUT2D eigenvalue weighted by Gasteiger charge is -2.17. The maximum absolute atomic E-state index is 12.5. The van der Waals surface area contributed by atoms with Gasteiger partial charge in [-0.25, -0.2) is 4.98 Å². The van der Waals surface area contributed by atoms with Crippen LogP contribution < -0.4 is 0 Å². The summed E-state index contributed by atoms with van der Waals surface area (Å²) in [5, 5.41) is 0.658. The minimum Gasteiger partial charge on any atom is -0.441 e. The number of nitrogens with zero attached hydrogens (tertiary/aromatic N) is 2. The van der Waals surface area contributed by atoms with Crippen LogP contribution in [0.1, 0.15) is 17.0 Å². The van der Waals surface area contributed by atoms with Crippen LogP contribution in [0.5, 0.6) is 0 Å². The fraction of sp³-hybridized carbons (Fsp3) is 0.200. The number of carbonyl (C=O) groups excluding carboxylic acids is 1. The number of rotatable bonds is 5. The Morgan fingerprint density at radius 2 is 1.80 bits per heavy atom. The number of likely N-dealkylation sites (N-methyl/N-ethyl adjacent to an activating group) is 1. The quantitative estimate of drug-likeness (QED) is 0.677. The Balaban J connectivity index is 1.71. The Morgan fingerprint density at radius 1 is 1.12 bits per heavy atom. The van der Waals surface area contributed by atoms with Crippen LogP contribution in [0, 0.1) is 6.92 Å². The van der Waals surface area contributed by atoms with E-state index >= 15 is 0 Å². The summed E-state index contributed by atoms with van der Waals surface area (Å²) >= 11 is 6.16. The van der Waals surface area contributed by atoms with E-state index in [-0.39, 0.29) is 12.3 Å². The summed E-state index contributed by atoms with van der Waals surface area (Å²) in [5.41, 5.74) is 2.48. The molecule has 0 radical (unpaired) electrons. The summed E-state index contributed by atoms with van der Waals surface area (Å²) in [6.07, 6.45) is 0.198. The molecule has 0 spiro atoms. The number of benzene rings is 2. The molecule has 0 fully saturated rings. The predicted molar refractivity (Wildman–Crippen MR) is 98.3 cm³/mol. The third-order valence-electron chi connectivity index (χ3n) is 4.02. The first kappa shape index (κ1) is 17.2. The lowest BCUT2D eigenvalue weighted by Crippen LogP contribution is -2.28. The number of halogens is 1. The summed E-state index contributed by atoms with van der Waals surface area (Å²) in [6.45, 7) is 2.29. The van der Waals surface area contributed by atoms with Gasteiger partial charge in [-0.05, 0) is 30.7 Å². The summed E-state index contributed by atoms with van der Waals surface area (Å²) in [4.78, 5) is 18.7. The Kier molecular flexibility index (Phi) is 5.19. The molecule has 0 atom stereocenters. The maximum Gasteiger partial charge on any atom is 0.228 e. The highest BCUT2D eigenvalue weighted by molar-refractivity contribution is 6.31. The first-order valence-electron chi connectivity index (χ1n) is 8.03. The average molecular weight is 355 g/mol. The largest absolute Gasteiger partial charge is 0.441 e. The number of amides is 1. The van der Waals surface area contributed by atoms with E-state index in [9.17, 15) is 4.79 Å². The molecule has 128 valence electrons. The smallest absolute Gasteiger partial charge is 0.228 e. The molecule has 3 rings (SSSR count). The van der Waals surface area contributed by atoms with Gasteiger partial charge in [0, 0.05) is 24.2 Å². The lowest BCUT2D eigenvalue weighted by molar-refractivity contribution is -0.129. The van der Waals surface area contributed by atoms with Crippen LogP contribution in [0.25, 0.3) is 11.5 Å². The molecular weight excluding hydrogens is 336 g/mol. The monoisotopic (exact) mass is 354 g/mol.